The van der Waals surface area contributed by atoms with Crippen LogP contribution in [0.3, 0.4) is 0 Å². The van der Waals surface area contributed by atoms with Gasteiger partial charge in [-0.05, 0) is 38.0 Å². The molecule has 4 N–H and O–H groups in total. The average Bonchev–Trinajstić information content (AvgIpc) is 3.43. The molecule has 4 bridgehead atoms. The Bertz CT molecular complexity index is 1020. The fraction of sp³-hybridized carbons (Fsp3) is 0.630. The highest BCUT2D eigenvalue weighted by Crippen LogP contribution is 2.61. The van der Waals surface area contributed by atoms with Crippen LogP contribution in [0.1, 0.15) is 44.6 Å². The summed E-state index contributed by atoms with van der Waals surface area (Å²) in [5.41, 5.74) is 0.0838. The molecule has 36 heavy (non-hydrogen) atoms. The highest BCUT2D eigenvalue weighted by Gasteiger charge is 2.68. The summed E-state index contributed by atoms with van der Waals surface area (Å²) in [7, 11) is 1.36. The lowest BCUT2D eigenvalue weighted by Crippen LogP contribution is -2.57. The van der Waals surface area contributed by atoms with Gasteiger partial charge in [0.2, 0.25) is 0 Å². The summed E-state index contributed by atoms with van der Waals surface area (Å²) in [6.07, 6.45) is 3.87. The van der Waals surface area contributed by atoms with Crippen LogP contribution >= 0.6 is 0 Å². The molecular formula is C27H37NO8. The Hall–Kier alpha value is -2.46. The zero-order chi connectivity index (χ0) is 26.4. The number of carboxylic acids is 1. The van der Waals surface area contributed by atoms with E-state index in [0.29, 0.717) is 5.69 Å². The van der Waals surface area contributed by atoms with E-state index in [-0.39, 0.29) is 24.2 Å². The largest absolute Gasteiger partial charge is 0.479 e. The van der Waals surface area contributed by atoms with Crippen LogP contribution in [0.25, 0.3) is 0 Å². The molecule has 1 saturated heterocycles. The number of hydrogen-bond acceptors (Lipinski definition) is 7. The third-order valence-corrected chi connectivity index (χ3v) is 8.46. The first-order valence-corrected chi connectivity index (χ1v) is 12.5. The highest BCUT2D eigenvalue weighted by atomic mass is 16.6. The van der Waals surface area contributed by atoms with Crippen LogP contribution in [-0.2, 0) is 19.0 Å². The molecule has 2 fully saturated rings. The predicted octanol–water partition coefficient (Wildman–Crippen LogP) is 2.56. The molecular weight excluding hydrogens is 466 g/mol. The number of aliphatic carboxylic acids is 1. The highest BCUT2D eigenvalue weighted by molar-refractivity contribution is 5.87. The smallest absolute Gasteiger partial charge is 0.355 e. The molecule has 9 nitrogen and oxygen atoms in total. The van der Waals surface area contributed by atoms with Crippen LogP contribution < -0.4 is 0 Å². The second-order valence-corrected chi connectivity index (χ2v) is 10.5. The number of H-pyrrole nitrogens is 1. The lowest BCUT2D eigenvalue weighted by atomic mass is 9.57. The second-order valence-electron chi connectivity index (χ2n) is 10.5. The van der Waals surface area contributed by atoms with E-state index in [0.717, 1.165) is 5.57 Å². The zero-order valence-electron chi connectivity index (χ0n) is 21.3. The monoisotopic (exact) mass is 503 g/mol. The zero-order valence-corrected chi connectivity index (χ0v) is 21.3. The maximum absolute atomic E-state index is 12.8. The Balaban J connectivity index is 1.76. The van der Waals surface area contributed by atoms with Gasteiger partial charge in [0.05, 0.1) is 12.2 Å². The van der Waals surface area contributed by atoms with Crippen molar-refractivity contribution >= 4 is 11.9 Å². The van der Waals surface area contributed by atoms with Gasteiger partial charge in [0.15, 0.2) is 6.10 Å². The molecule has 1 aliphatic heterocycles. The number of carbonyl (C=O) groups excluding carboxylic acids is 1. The number of hydrogen-bond donors (Lipinski definition) is 4. The number of aliphatic hydroxyl groups is 2. The summed E-state index contributed by atoms with van der Waals surface area (Å²) in [5, 5.41) is 31.5. The van der Waals surface area contributed by atoms with Gasteiger partial charge in [0, 0.05) is 42.9 Å². The number of aliphatic hydroxyl groups excluding tert-OH is 2. The van der Waals surface area contributed by atoms with Crippen molar-refractivity contribution in [1.29, 1.82) is 0 Å². The van der Waals surface area contributed by atoms with Gasteiger partial charge in [0.25, 0.3) is 0 Å². The molecule has 1 aromatic heterocycles. The molecule has 2 aliphatic carbocycles. The molecule has 0 radical (unpaired) electrons. The number of ether oxygens (including phenoxy) is 3. The standard InChI is InChI=1S/C27H37NO8/c1-13(16(4)29)11-14(2)27-17(12-20(34-5)25(31)32)8-9-18-21(27)22(30)15(3)23(24(18)36-27)35-26(33)19-7-6-10-28-19/h6-11,13,15-18,20-24,28-30H,12H2,1-5H3,(H,31,32)/b14-11+/t13-,15-,16?,17-,18-,20+,21+,22-,23-,24+,27+/m1/s1. The third kappa shape index (κ3) is 4.32. The summed E-state index contributed by atoms with van der Waals surface area (Å²) in [5.74, 6) is -3.23. The Morgan fingerprint density at radius 1 is 1.31 bits per heavy atom. The van der Waals surface area contributed by atoms with Crippen LogP contribution in [0.4, 0.5) is 0 Å². The first kappa shape index (κ1) is 26.6. The first-order chi connectivity index (χ1) is 17.0. The first-order valence-electron chi connectivity index (χ1n) is 12.5. The molecule has 3 aliphatic rings. The second kappa shape index (κ2) is 10.1. The number of esters is 1. The van der Waals surface area contributed by atoms with Crippen LogP contribution in [0.2, 0.25) is 0 Å². The Morgan fingerprint density at radius 3 is 2.61 bits per heavy atom. The van der Waals surface area contributed by atoms with E-state index < -0.39 is 59.9 Å². The summed E-state index contributed by atoms with van der Waals surface area (Å²) in [6, 6.07) is 3.33. The number of methoxy groups -OCH3 is 1. The summed E-state index contributed by atoms with van der Waals surface area (Å²) >= 11 is 0. The average molecular weight is 504 g/mol. The van der Waals surface area contributed by atoms with Crippen molar-refractivity contribution in [3.05, 3.63) is 47.8 Å². The van der Waals surface area contributed by atoms with E-state index in [1.54, 1.807) is 25.3 Å². The van der Waals surface area contributed by atoms with E-state index in [1.165, 1.54) is 7.11 Å². The molecule has 9 heteroatoms. The number of aromatic nitrogens is 1. The van der Waals surface area contributed by atoms with Gasteiger partial charge in [0.1, 0.15) is 23.5 Å². The van der Waals surface area contributed by atoms with Crippen LogP contribution in [0.5, 0.6) is 0 Å². The van der Waals surface area contributed by atoms with Gasteiger partial charge in [-0.15, -0.1) is 0 Å². The maximum Gasteiger partial charge on any atom is 0.355 e. The van der Waals surface area contributed by atoms with Crippen molar-refractivity contribution in [2.24, 2.45) is 29.6 Å². The molecule has 0 amide bonds. The van der Waals surface area contributed by atoms with Gasteiger partial charge < -0.3 is 34.5 Å². The van der Waals surface area contributed by atoms with Crippen molar-refractivity contribution in [3.8, 4) is 0 Å². The molecule has 1 saturated carbocycles. The van der Waals surface area contributed by atoms with Gasteiger partial charge >= 0.3 is 11.9 Å². The normalized spacial score (nSPS) is 37.9. The number of nitrogens with one attached hydrogen (secondary N) is 1. The minimum absolute atomic E-state index is 0.139. The van der Waals surface area contributed by atoms with E-state index in [4.69, 9.17) is 14.2 Å². The van der Waals surface area contributed by atoms with Gasteiger partial charge in [-0.25, -0.2) is 9.59 Å². The third-order valence-electron chi connectivity index (χ3n) is 8.46. The van der Waals surface area contributed by atoms with Crippen LogP contribution in [-0.4, -0.2) is 75.5 Å². The molecule has 11 atom stereocenters. The minimum atomic E-state index is -1.07. The van der Waals surface area contributed by atoms with Gasteiger partial charge in [-0.3, -0.25) is 0 Å². The molecule has 0 spiro atoms. The topological polar surface area (TPSA) is 138 Å². The van der Waals surface area contributed by atoms with E-state index >= 15 is 0 Å². The molecule has 4 rings (SSSR count). The van der Waals surface area contributed by atoms with Crippen LogP contribution in [0, 0.1) is 29.6 Å². The lowest BCUT2D eigenvalue weighted by Gasteiger charge is -2.48. The lowest BCUT2D eigenvalue weighted by molar-refractivity contribution is -0.151. The van der Waals surface area contributed by atoms with E-state index in [2.05, 4.69) is 4.98 Å². The van der Waals surface area contributed by atoms with E-state index in [9.17, 15) is 24.9 Å². The van der Waals surface area contributed by atoms with Crippen molar-refractivity contribution in [3.63, 3.8) is 0 Å². The van der Waals surface area contributed by atoms with Crippen molar-refractivity contribution in [1.82, 2.24) is 4.98 Å². The van der Waals surface area contributed by atoms with E-state index in [1.807, 2.05) is 39.0 Å². The number of rotatable bonds is 9. The molecule has 1 unspecified atom stereocenters. The number of carboxylic acid groups (broad SMARTS) is 1. The number of aromatic amines is 1. The molecule has 0 aromatic carbocycles. The molecule has 1 aromatic rings. The quantitative estimate of drug-likeness (QED) is 0.298. The van der Waals surface area contributed by atoms with Gasteiger partial charge in [-0.1, -0.05) is 32.1 Å². The fourth-order valence-electron chi connectivity index (χ4n) is 6.34. The fourth-order valence-corrected chi connectivity index (χ4v) is 6.34. The Morgan fingerprint density at radius 2 is 2.03 bits per heavy atom. The van der Waals surface area contributed by atoms with Crippen LogP contribution in [0.15, 0.2) is 42.1 Å². The predicted molar refractivity (Wildman–Crippen MR) is 130 cm³/mol. The van der Waals surface area contributed by atoms with Crippen molar-refractivity contribution in [2.45, 2.75) is 70.2 Å². The molecule has 198 valence electrons. The SMILES string of the molecule is CO[C@@H](C[C@H]1C=C[C@H]2[C@@H]3O[C@]1(/C(C)=C/[C@@H](C)C(C)O)[C@@H]2[C@H](O)[C@@H](C)[C@H]3OC(=O)c1ccc[nH]1)C(=O)O. The Labute approximate surface area is 211 Å². The Kier molecular flexibility index (Phi) is 7.48. The number of carbonyl (C=O) groups is 2. The summed E-state index contributed by atoms with van der Waals surface area (Å²) in [6.45, 7) is 7.36. The summed E-state index contributed by atoms with van der Waals surface area (Å²) < 4.78 is 18.0. The summed E-state index contributed by atoms with van der Waals surface area (Å²) in [4.78, 5) is 27.5. The van der Waals surface area contributed by atoms with Crippen molar-refractivity contribution < 1.29 is 39.1 Å². The maximum atomic E-state index is 12.8. The van der Waals surface area contributed by atoms with Gasteiger partial charge in [-0.2, -0.15) is 0 Å². The van der Waals surface area contributed by atoms with Crippen molar-refractivity contribution in [2.75, 3.05) is 7.11 Å². The molecule has 2 heterocycles. The minimum Gasteiger partial charge on any atom is -0.479 e.